The second-order valence-electron chi connectivity index (χ2n) is 2.28. The highest BCUT2D eigenvalue weighted by atomic mass is 15.2. The molecular formula is C6H7N7. The lowest BCUT2D eigenvalue weighted by Crippen LogP contribution is -2.01. The number of nitrogens with two attached hydrogens (primary N) is 1. The molecule has 66 valence electrons. The van der Waals surface area contributed by atoms with Crippen molar-refractivity contribution in [3.8, 4) is 0 Å². The summed E-state index contributed by atoms with van der Waals surface area (Å²) in [4.78, 5) is 11.4. The van der Waals surface area contributed by atoms with Crippen LogP contribution in [0.4, 0.5) is 17.6 Å². The largest absolute Gasteiger partial charge is 0.368 e. The van der Waals surface area contributed by atoms with Crippen LogP contribution in [0.5, 0.6) is 0 Å². The van der Waals surface area contributed by atoms with E-state index in [1.807, 2.05) is 0 Å². The van der Waals surface area contributed by atoms with Crippen LogP contribution in [0.15, 0.2) is 18.7 Å². The molecule has 4 N–H and O–H groups in total. The quantitative estimate of drug-likeness (QED) is 0.592. The first-order valence-electron chi connectivity index (χ1n) is 3.55. The lowest BCUT2D eigenvalue weighted by molar-refractivity contribution is 1.07. The fraction of sp³-hybridized carbons (Fsp3) is 0. The Hall–Kier alpha value is -2.18. The molecule has 0 unspecified atom stereocenters. The Morgan fingerprint density at radius 2 is 2.31 bits per heavy atom. The van der Waals surface area contributed by atoms with Crippen LogP contribution in [0.1, 0.15) is 0 Å². The van der Waals surface area contributed by atoms with Crippen molar-refractivity contribution >= 4 is 17.6 Å². The lowest BCUT2D eigenvalue weighted by atomic mass is 10.6. The van der Waals surface area contributed by atoms with Crippen molar-refractivity contribution in [1.82, 2.24) is 25.1 Å². The number of nitrogen functional groups attached to an aromatic ring is 1. The number of hydrogen-bond donors (Lipinski definition) is 3. The molecule has 2 aromatic heterocycles. The molecule has 0 amide bonds. The summed E-state index contributed by atoms with van der Waals surface area (Å²) in [6.45, 7) is 0. The van der Waals surface area contributed by atoms with Crippen molar-refractivity contribution < 1.29 is 0 Å². The third-order valence-corrected chi connectivity index (χ3v) is 1.34. The number of aromatic nitrogens is 5. The van der Waals surface area contributed by atoms with Gasteiger partial charge in [-0.15, -0.1) is 0 Å². The molecule has 0 saturated heterocycles. The van der Waals surface area contributed by atoms with E-state index in [0.717, 1.165) is 5.69 Å². The van der Waals surface area contributed by atoms with E-state index in [2.05, 4.69) is 30.5 Å². The van der Waals surface area contributed by atoms with E-state index in [0.29, 0.717) is 5.95 Å². The standard InChI is InChI=1S/C6H7N7/c7-5-8-3-9-6(13-5)12-4-1-10-11-2-4/h1-3H,(H,10,11)(H3,7,8,9,12,13). The number of rotatable bonds is 2. The van der Waals surface area contributed by atoms with Gasteiger partial charge in [-0.2, -0.15) is 10.1 Å². The summed E-state index contributed by atoms with van der Waals surface area (Å²) in [7, 11) is 0. The highest BCUT2D eigenvalue weighted by Gasteiger charge is 1.98. The van der Waals surface area contributed by atoms with Crippen molar-refractivity contribution in [2.75, 3.05) is 11.1 Å². The van der Waals surface area contributed by atoms with E-state index in [-0.39, 0.29) is 5.95 Å². The number of nitrogens with zero attached hydrogens (tertiary/aromatic N) is 4. The monoisotopic (exact) mass is 177 g/mol. The molecule has 0 aliphatic carbocycles. The second-order valence-corrected chi connectivity index (χ2v) is 2.28. The van der Waals surface area contributed by atoms with Crippen molar-refractivity contribution in [1.29, 1.82) is 0 Å². The molecule has 0 aromatic carbocycles. The van der Waals surface area contributed by atoms with Crippen LogP contribution in [0, 0.1) is 0 Å². The summed E-state index contributed by atoms with van der Waals surface area (Å²) in [5, 5.41) is 9.29. The maximum Gasteiger partial charge on any atom is 0.232 e. The van der Waals surface area contributed by atoms with Gasteiger partial charge in [0.1, 0.15) is 6.33 Å². The summed E-state index contributed by atoms with van der Waals surface area (Å²) >= 11 is 0. The summed E-state index contributed by atoms with van der Waals surface area (Å²) in [6, 6.07) is 0. The van der Waals surface area contributed by atoms with Crippen LogP contribution < -0.4 is 11.1 Å². The van der Waals surface area contributed by atoms with E-state index in [4.69, 9.17) is 5.73 Å². The Morgan fingerprint density at radius 3 is 3.00 bits per heavy atom. The Bertz CT molecular complexity index is 382. The van der Waals surface area contributed by atoms with Crippen molar-refractivity contribution in [3.63, 3.8) is 0 Å². The molecule has 0 saturated carbocycles. The van der Waals surface area contributed by atoms with E-state index in [1.54, 1.807) is 12.4 Å². The van der Waals surface area contributed by atoms with E-state index in [1.165, 1.54) is 6.33 Å². The lowest BCUT2D eigenvalue weighted by Gasteiger charge is -1.99. The Labute approximate surface area is 73.4 Å². The minimum atomic E-state index is 0.181. The van der Waals surface area contributed by atoms with Gasteiger partial charge in [-0.25, -0.2) is 9.97 Å². The molecular weight excluding hydrogens is 170 g/mol. The zero-order valence-corrected chi connectivity index (χ0v) is 6.60. The predicted molar refractivity (Wildman–Crippen MR) is 46.1 cm³/mol. The number of anilines is 3. The highest BCUT2D eigenvalue weighted by molar-refractivity contribution is 5.50. The molecule has 0 aliphatic heterocycles. The van der Waals surface area contributed by atoms with Crippen molar-refractivity contribution in [3.05, 3.63) is 18.7 Å². The Balaban J connectivity index is 2.19. The maximum atomic E-state index is 5.36. The van der Waals surface area contributed by atoms with Crippen LogP contribution in [0.3, 0.4) is 0 Å². The topological polar surface area (TPSA) is 105 Å². The summed E-state index contributed by atoms with van der Waals surface area (Å²) in [5.41, 5.74) is 6.13. The second kappa shape index (κ2) is 3.05. The zero-order chi connectivity index (χ0) is 9.10. The van der Waals surface area contributed by atoms with Crippen molar-refractivity contribution in [2.45, 2.75) is 0 Å². The first-order valence-corrected chi connectivity index (χ1v) is 3.55. The van der Waals surface area contributed by atoms with Gasteiger partial charge in [-0.1, -0.05) is 0 Å². The minimum Gasteiger partial charge on any atom is -0.368 e. The molecule has 0 fully saturated rings. The fourth-order valence-electron chi connectivity index (χ4n) is 0.818. The molecule has 7 nitrogen and oxygen atoms in total. The van der Waals surface area contributed by atoms with Gasteiger partial charge >= 0.3 is 0 Å². The molecule has 0 spiro atoms. The van der Waals surface area contributed by atoms with Gasteiger partial charge in [0, 0.05) is 6.20 Å². The molecule has 0 atom stereocenters. The normalized spacial score (nSPS) is 9.85. The van der Waals surface area contributed by atoms with Gasteiger partial charge in [0.05, 0.1) is 11.9 Å². The van der Waals surface area contributed by atoms with Crippen LogP contribution in [-0.2, 0) is 0 Å². The molecule has 7 heteroatoms. The SMILES string of the molecule is Nc1ncnc(Nc2cn[nH]c2)n1. The van der Waals surface area contributed by atoms with Crippen LogP contribution in [-0.4, -0.2) is 25.1 Å². The fourth-order valence-corrected chi connectivity index (χ4v) is 0.818. The third-order valence-electron chi connectivity index (χ3n) is 1.34. The van der Waals surface area contributed by atoms with Crippen LogP contribution in [0.25, 0.3) is 0 Å². The van der Waals surface area contributed by atoms with Gasteiger partial charge in [0.15, 0.2) is 0 Å². The van der Waals surface area contributed by atoms with Gasteiger partial charge < -0.3 is 11.1 Å². The van der Waals surface area contributed by atoms with E-state index >= 15 is 0 Å². The zero-order valence-electron chi connectivity index (χ0n) is 6.60. The highest BCUT2D eigenvalue weighted by Crippen LogP contribution is 2.08. The van der Waals surface area contributed by atoms with Gasteiger partial charge in [-0.05, 0) is 0 Å². The molecule has 0 radical (unpaired) electrons. The number of H-pyrrole nitrogens is 1. The molecule has 0 bridgehead atoms. The molecule has 13 heavy (non-hydrogen) atoms. The molecule has 2 heterocycles. The van der Waals surface area contributed by atoms with E-state index in [9.17, 15) is 0 Å². The van der Waals surface area contributed by atoms with Gasteiger partial charge in [0.25, 0.3) is 0 Å². The predicted octanol–water partition coefficient (Wildman–Crippen LogP) is -0.0795. The molecule has 2 rings (SSSR count). The van der Waals surface area contributed by atoms with Gasteiger partial charge in [-0.3, -0.25) is 5.10 Å². The van der Waals surface area contributed by atoms with Crippen LogP contribution >= 0.6 is 0 Å². The summed E-state index contributed by atoms with van der Waals surface area (Å²) in [6.07, 6.45) is 4.63. The van der Waals surface area contributed by atoms with Crippen molar-refractivity contribution in [2.24, 2.45) is 0 Å². The number of nitrogens with one attached hydrogen (secondary N) is 2. The molecule has 0 aliphatic rings. The molecule has 2 aromatic rings. The Morgan fingerprint density at radius 1 is 1.38 bits per heavy atom. The van der Waals surface area contributed by atoms with Crippen LogP contribution in [0.2, 0.25) is 0 Å². The number of hydrogen-bond acceptors (Lipinski definition) is 6. The minimum absolute atomic E-state index is 0.181. The first kappa shape index (κ1) is 7.47. The average molecular weight is 177 g/mol. The third kappa shape index (κ3) is 1.70. The number of aromatic amines is 1. The summed E-state index contributed by atoms with van der Waals surface area (Å²) in [5.74, 6) is 0.579. The average Bonchev–Trinajstić information content (AvgIpc) is 2.57. The maximum absolute atomic E-state index is 5.36. The van der Waals surface area contributed by atoms with E-state index < -0.39 is 0 Å². The summed E-state index contributed by atoms with van der Waals surface area (Å²) < 4.78 is 0. The smallest absolute Gasteiger partial charge is 0.232 e. The Kier molecular flexibility index (Phi) is 1.75. The van der Waals surface area contributed by atoms with Gasteiger partial charge in [0.2, 0.25) is 11.9 Å². The first-order chi connectivity index (χ1) is 6.34.